The van der Waals surface area contributed by atoms with Crippen molar-refractivity contribution in [1.82, 2.24) is 0 Å². The van der Waals surface area contributed by atoms with Gasteiger partial charge in [0.2, 0.25) is 0 Å². The molecule has 2 aromatic rings. The van der Waals surface area contributed by atoms with Gasteiger partial charge in [-0.05, 0) is 55.2 Å². The van der Waals surface area contributed by atoms with Crippen molar-refractivity contribution in [2.45, 2.75) is 39.7 Å². The van der Waals surface area contributed by atoms with E-state index < -0.39 is 6.10 Å². The van der Waals surface area contributed by atoms with Crippen molar-refractivity contribution in [3.8, 4) is 5.75 Å². The summed E-state index contributed by atoms with van der Waals surface area (Å²) < 4.78 is 5.71. The van der Waals surface area contributed by atoms with E-state index in [4.69, 9.17) is 10.5 Å². The van der Waals surface area contributed by atoms with Gasteiger partial charge in [-0.1, -0.05) is 32.0 Å². The Kier molecular flexibility index (Phi) is 5.27. The monoisotopic (exact) mass is 312 g/mol. The Morgan fingerprint density at radius 3 is 2.35 bits per heavy atom. The molecule has 0 heterocycles. The largest absolute Gasteiger partial charge is 0.481 e. The lowest BCUT2D eigenvalue weighted by Crippen LogP contribution is -2.30. The zero-order chi connectivity index (χ0) is 17.0. The summed E-state index contributed by atoms with van der Waals surface area (Å²) in [6, 6.07) is 13.3. The highest BCUT2D eigenvalue weighted by atomic mass is 16.5. The minimum absolute atomic E-state index is 0.202. The summed E-state index contributed by atoms with van der Waals surface area (Å²) in [5, 5.41) is 2.86. The van der Waals surface area contributed by atoms with Gasteiger partial charge in [0.15, 0.2) is 6.10 Å². The van der Waals surface area contributed by atoms with Crippen molar-refractivity contribution < 1.29 is 9.53 Å². The maximum absolute atomic E-state index is 12.3. The molecule has 0 unspecified atom stereocenters. The normalized spacial score (nSPS) is 12.0. The number of ether oxygens (including phenoxy) is 1. The number of hydrogen-bond acceptors (Lipinski definition) is 3. The Balaban J connectivity index is 2.01. The van der Waals surface area contributed by atoms with Crippen LogP contribution < -0.4 is 15.8 Å². The predicted octanol–water partition coefficient (Wildman–Crippen LogP) is 4.11. The maximum Gasteiger partial charge on any atom is 0.265 e. The number of benzene rings is 2. The highest BCUT2D eigenvalue weighted by Gasteiger charge is 2.16. The molecule has 0 aliphatic rings. The van der Waals surface area contributed by atoms with Crippen LogP contribution in [0.1, 0.15) is 37.8 Å². The first-order valence-electron chi connectivity index (χ1n) is 7.81. The van der Waals surface area contributed by atoms with Crippen LogP contribution >= 0.6 is 0 Å². The van der Waals surface area contributed by atoms with Gasteiger partial charge >= 0.3 is 0 Å². The fraction of sp³-hybridized carbons (Fsp3) is 0.316. The lowest BCUT2D eigenvalue weighted by Gasteiger charge is -2.17. The van der Waals surface area contributed by atoms with Crippen LogP contribution in [-0.4, -0.2) is 12.0 Å². The van der Waals surface area contributed by atoms with Gasteiger partial charge in [-0.25, -0.2) is 0 Å². The van der Waals surface area contributed by atoms with Crippen LogP contribution in [0, 0.1) is 6.92 Å². The molecule has 23 heavy (non-hydrogen) atoms. The van der Waals surface area contributed by atoms with Crippen LogP contribution in [0.25, 0.3) is 0 Å². The first-order valence-corrected chi connectivity index (χ1v) is 7.81. The summed E-state index contributed by atoms with van der Waals surface area (Å²) in [5.41, 5.74) is 9.31. The number of carbonyl (C=O) groups excluding carboxylic acids is 1. The highest BCUT2D eigenvalue weighted by Crippen LogP contribution is 2.22. The topological polar surface area (TPSA) is 64.3 Å². The number of amides is 1. The molecule has 0 aliphatic carbocycles. The maximum atomic E-state index is 12.3. The zero-order valence-corrected chi connectivity index (χ0v) is 14.1. The molecule has 122 valence electrons. The molecular formula is C19H24N2O2. The van der Waals surface area contributed by atoms with E-state index >= 15 is 0 Å². The number of nitrogens with one attached hydrogen (secondary N) is 1. The van der Waals surface area contributed by atoms with Crippen molar-refractivity contribution in [3.63, 3.8) is 0 Å². The van der Waals surface area contributed by atoms with Crippen molar-refractivity contribution in [1.29, 1.82) is 0 Å². The summed E-state index contributed by atoms with van der Waals surface area (Å²) in [6.45, 7) is 7.88. The van der Waals surface area contributed by atoms with Crippen LogP contribution in [0.3, 0.4) is 0 Å². The summed E-state index contributed by atoms with van der Waals surface area (Å²) in [4.78, 5) is 12.3. The minimum Gasteiger partial charge on any atom is -0.481 e. The molecule has 1 atom stereocenters. The van der Waals surface area contributed by atoms with E-state index in [0.717, 1.165) is 5.56 Å². The molecule has 0 saturated heterocycles. The summed E-state index contributed by atoms with van der Waals surface area (Å²) >= 11 is 0. The fourth-order valence-electron chi connectivity index (χ4n) is 2.21. The summed E-state index contributed by atoms with van der Waals surface area (Å²) in [7, 11) is 0. The Morgan fingerprint density at radius 2 is 1.74 bits per heavy atom. The van der Waals surface area contributed by atoms with E-state index in [-0.39, 0.29) is 5.91 Å². The van der Waals surface area contributed by atoms with Crippen LogP contribution in [0.4, 0.5) is 11.4 Å². The van der Waals surface area contributed by atoms with E-state index in [0.29, 0.717) is 23.0 Å². The minimum atomic E-state index is -0.597. The number of rotatable bonds is 5. The van der Waals surface area contributed by atoms with E-state index in [1.54, 1.807) is 13.0 Å². The standard InChI is InChI=1S/C19H24N2O2/c1-12(2)15-8-10-16(11-9-15)23-14(4)19(22)21-18-7-5-6-17(20)13(18)3/h5-12,14H,20H2,1-4H3,(H,21,22)/t14-/m0/s1. The molecule has 0 radical (unpaired) electrons. The zero-order valence-electron chi connectivity index (χ0n) is 14.1. The molecule has 2 rings (SSSR count). The molecule has 4 heteroatoms. The second kappa shape index (κ2) is 7.18. The summed E-state index contributed by atoms with van der Waals surface area (Å²) in [5.74, 6) is 0.948. The Labute approximate surface area is 137 Å². The van der Waals surface area contributed by atoms with Crippen molar-refractivity contribution in [2.24, 2.45) is 0 Å². The van der Waals surface area contributed by atoms with Crippen molar-refractivity contribution in [2.75, 3.05) is 11.1 Å². The SMILES string of the molecule is Cc1c(N)cccc1NC(=O)[C@H](C)Oc1ccc(C(C)C)cc1. The number of hydrogen-bond donors (Lipinski definition) is 2. The van der Waals surface area contributed by atoms with Gasteiger partial charge in [0.05, 0.1) is 0 Å². The number of nitrogen functional groups attached to an aromatic ring is 1. The molecule has 0 bridgehead atoms. The Morgan fingerprint density at radius 1 is 1.09 bits per heavy atom. The molecule has 4 nitrogen and oxygen atoms in total. The Bertz CT molecular complexity index is 678. The lowest BCUT2D eigenvalue weighted by molar-refractivity contribution is -0.122. The van der Waals surface area contributed by atoms with Crippen LogP contribution in [0.5, 0.6) is 5.75 Å². The van der Waals surface area contributed by atoms with Gasteiger partial charge in [-0.2, -0.15) is 0 Å². The first kappa shape index (κ1) is 16.9. The van der Waals surface area contributed by atoms with Crippen molar-refractivity contribution >= 4 is 17.3 Å². The highest BCUT2D eigenvalue weighted by molar-refractivity contribution is 5.95. The van der Waals surface area contributed by atoms with Gasteiger partial charge in [-0.15, -0.1) is 0 Å². The van der Waals surface area contributed by atoms with Gasteiger partial charge in [0.1, 0.15) is 5.75 Å². The smallest absolute Gasteiger partial charge is 0.265 e. The third-order valence-corrected chi connectivity index (χ3v) is 3.86. The van der Waals surface area contributed by atoms with E-state index in [1.807, 2.05) is 43.3 Å². The average Bonchev–Trinajstić information content (AvgIpc) is 2.52. The molecule has 0 fully saturated rings. The number of anilines is 2. The molecule has 0 spiro atoms. The van der Waals surface area contributed by atoms with Gasteiger partial charge in [-0.3, -0.25) is 4.79 Å². The quantitative estimate of drug-likeness (QED) is 0.817. The molecule has 3 N–H and O–H groups in total. The van der Waals surface area contributed by atoms with Crippen molar-refractivity contribution in [3.05, 3.63) is 53.6 Å². The van der Waals surface area contributed by atoms with E-state index in [2.05, 4.69) is 19.2 Å². The fourth-order valence-corrected chi connectivity index (χ4v) is 2.21. The van der Waals surface area contributed by atoms with Crippen LogP contribution in [0.15, 0.2) is 42.5 Å². The van der Waals surface area contributed by atoms with Crippen LogP contribution in [0.2, 0.25) is 0 Å². The van der Waals surface area contributed by atoms with Gasteiger partial charge in [0.25, 0.3) is 5.91 Å². The second-order valence-electron chi connectivity index (χ2n) is 5.99. The third kappa shape index (κ3) is 4.25. The lowest BCUT2D eigenvalue weighted by atomic mass is 10.0. The van der Waals surface area contributed by atoms with Gasteiger partial charge in [0, 0.05) is 11.4 Å². The summed E-state index contributed by atoms with van der Waals surface area (Å²) in [6.07, 6.45) is -0.597. The third-order valence-electron chi connectivity index (χ3n) is 3.86. The second-order valence-corrected chi connectivity index (χ2v) is 5.99. The van der Waals surface area contributed by atoms with Crippen LogP contribution in [-0.2, 0) is 4.79 Å². The Hall–Kier alpha value is -2.49. The molecule has 0 aliphatic heterocycles. The molecule has 1 amide bonds. The molecular weight excluding hydrogens is 288 g/mol. The van der Waals surface area contributed by atoms with E-state index in [1.165, 1.54) is 5.56 Å². The number of carbonyl (C=O) groups is 1. The predicted molar refractivity (Wildman–Crippen MR) is 94.8 cm³/mol. The average molecular weight is 312 g/mol. The number of nitrogens with two attached hydrogens (primary N) is 1. The molecule has 0 aromatic heterocycles. The first-order chi connectivity index (χ1) is 10.9. The molecule has 2 aromatic carbocycles. The van der Waals surface area contributed by atoms with Gasteiger partial charge < -0.3 is 15.8 Å². The molecule has 0 saturated carbocycles. The van der Waals surface area contributed by atoms with E-state index in [9.17, 15) is 4.79 Å².